The number of hydrogen-bond acceptors (Lipinski definition) is 6. The Bertz CT molecular complexity index is 339. The minimum Gasteiger partial charge on any atom is -0.394 e. The Labute approximate surface area is 152 Å². The summed E-state index contributed by atoms with van der Waals surface area (Å²) < 4.78 is 25.7. The van der Waals surface area contributed by atoms with Crippen LogP contribution in [-0.4, -0.2) is 71.2 Å². The van der Waals surface area contributed by atoms with Crippen molar-refractivity contribution in [2.45, 2.75) is 20.5 Å². The second-order valence-electron chi connectivity index (χ2n) is 4.88. The Morgan fingerprint density at radius 1 is 0.640 bits per heavy atom. The number of hydrogen-bond donors (Lipinski definition) is 1. The molecule has 6 nitrogen and oxygen atoms in total. The zero-order valence-corrected chi connectivity index (χ0v) is 15.7. The molecule has 146 valence electrons. The summed E-state index contributed by atoms with van der Waals surface area (Å²) in [6, 6.07) is 10.00. The van der Waals surface area contributed by atoms with Gasteiger partial charge in [-0.3, -0.25) is 0 Å². The first kappa shape index (κ1) is 24.0. The minimum absolute atomic E-state index is 0.0681. The molecule has 0 aliphatic carbocycles. The van der Waals surface area contributed by atoms with E-state index in [2.05, 4.69) is 0 Å². The zero-order valence-electron chi connectivity index (χ0n) is 15.7. The van der Waals surface area contributed by atoms with Gasteiger partial charge in [0.15, 0.2) is 0 Å². The van der Waals surface area contributed by atoms with Crippen LogP contribution in [0.5, 0.6) is 0 Å². The summed E-state index contributed by atoms with van der Waals surface area (Å²) in [5.74, 6) is 0. The van der Waals surface area contributed by atoms with Crippen LogP contribution in [0.4, 0.5) is 0 Å². The maximum atomic E-state index is 8.43. The standard InChI is InChI=1S/C11H16O3.C8H18O3/c12-6-7-13-8-9-14-10-11-4-2-1-3-5-11;1-3-9-5-7-11-8-6-10-4-2/h1-5,12H,6-10H2;3-8H2,1-2H3. The van der Waals surface area contributed by atoms with Crippen LogP contribution in [0.1, 0.15) is 19.4 Å². The van der Waals surface area contributed by atoms with Gasteiger partial charge >= 0.3 is 0 Å². The SMILES string of the molecule is CCOCCOCCOCC.OCCOCCOCc1ccccc1. The van der Waals surface area contributed by atoms with Gasteiger partial charge in [-0.2, -0.15) is 0 Å². The molecule has 0 bridgehead atoms. The van der Waals surface area contributed by atoms with Crippen LogP contribution in [0.15, 0.2) is 30.3 Å². The predicted molar refractivity (Wildman–Crippen MR) is 97.8 cm³/mol. The van der Waals surface area contributed by atoms with Crippen molar-refractivity contribution < 1.29 is 28.8 Å². The lowest BCUT2D eigenvalue weighted by molar-refractivity contribution is 0.0195. The van der Waals surface area contributed by atoms with Crippen LogP contribution in [0.2, 0.25) is 0 Å². The van der Waals surface area contributed by atoms with Gasteiger partial charge in [-0.15, -0.1) is 0 Å². The molecule has 1 aromatic rings. The fraction of sp³-hybridized carbons (Fsp3) is 0.684. The molecule has 0 amide bonds. The molecule has 0 aromatic heterocycles. The van der Waals surface area contributed by atoms with Crippen molar-refractivity contribution in [3.05, 3.63) is 35.9 Å². The monoisotopic (exact) mass is 358 g/mol. The molecule has 0 saturated carbocycles. The summed E-state index contributed by atoms with van der Waals surface area (Å²) >= 11 is 0. The fourth-order valence-corrected chi connectivity index (χ4v) is 1.68. The van der Waals surface area contributed by atoms with Gasteiger partial charge < -0.3 is 28.8 Å². The first-order valence-corrected chi connectivity index (χ1v) is 8.88. The van der Waals surface area contributed by atoms with Gasteiger partial charge in [0.1, 0.15) is 0 Å². The quantitative estimate of drug-likeness (QED) is 0.485. The van der Waals surface area contributed by atoms with Gasteiger partial charge in [0, 0.05) is 13.2 Å². The molecule has 1 aromatic carbocycles. The van der Waals surface area contributed by atoms with Gasteiger partial charge in [0.05, 0.1) is 59.5 Å². The van der Waals surface area contributed by atoms with E-state index in [9.17, 15) is 0 Å². The molecule has 0 atom stereocenters. The van der Waals surface area contributed by atoms with E-state index in [-0.39, 0.29) is 6.61 Å². The molecule has 25 heavy (non-hydrogen) atoms. The van der Waals surface area contributed by atoms with Gasteiger partial charge in [-0.05, 0) is 19.4 Å². The van der Waals surface area contributed by atoms with E-state index in [1.165, 1.54) is 0 Å². The third-order valence-corrected chi connectivity index (χ3v) is 2.87. The molecule has 0 unspecified atom stereocenters. The smallest absolute Gasteiger partial charge is 0.0718 e. The van der Waals surface area contributed by atoms with Crippen molar-refractivity contribution >= 4 is 0 Å². The van der Waals surface area contributed by atoms with Gasteiger partial charge in [0.25, 0.3) is 0 Å². The summed E-state index contributed by atoms with van der Waals surface area (Å²) in [5, 5.41) is 8.43. The number of aliphatic hydroxyl groups is 1. The van der Waals surface area contributed by atoms with Crippen LogP contribution >= 0.6 is 0 Å². The molecule has 0 fully saturated rings. The summed E-state index contributed by atoms with van der Waals surface area (Å²) in [6.07, 6.45) is 0. The van der Waals surface area contributed by atoms with Crippen molar-refractivity contribution in [3.8, 4) is 0 Å². The Morgan fingerprint density at radius 2 is 1.12 bits per heavy atom. The van der Waals surface area contributed by atoms with Crippen molar-refractivity contribution in [3.63, 3.8) is 0 Å². The molecule has 0 aliphatic rings. The molecule has 0 spiro atoms. The van der Waals surface area contributed by atoms with Crippen molar-refractivity contribution in [1.29, 1.82) is 0 Å². The minimum atomic E-state index is 0.0681. The van der Waals surface area contributed by atoms with E-state index < -0.39 is 0 Å². The summed E-state index contributed by atoms with van der Waals surface area (Å²) in [6.45, 7) is 10.3. The number of benzene rings is 1. The third-order valence-electron chi connectivity index (χ3n) is 2.87. The Kier molecular flexibility index (Phi) is 20.2. The largest absolute Gasteiger partial charge is 0.394 e. The highest BCUT2D eigenvalue weighted by molar-refractivity contribution is 5.13. The molecule has 0 radical (unpaired) electrons. The summed E-state index contributed by atoms with van der Waals surface area (Å²) in [5.41, 5.74) is 1.16. The molecule has 0 aliphatic heterocycles. The van der Waals surface area contributed by atoms with E-state index in [0.29, 0.717) is 52.9 Å². The molecular weight excluding hydrogens is 324 g/mol. The van der Waals surface area contributed by atoms with E-state index in [4.69, 9.17) is 28.8 Å². The van der Waals surface area contributed by atoms with Crippen LogP contribution in [0.3, 0.4) is 0 Å². The van der Waals surface area contributed by atoms with Gasteiger partial charge in [-0.25, -0.2) is 0 Å². The first-order valence-electron chi connectivity index (χ1n) is 8.88. The highest BCUT2D eigenvalue weighted by Crippen LogP contribution is 1.99. The summed E-state index contributed by atoms with van der Waals surface area (Å²) in [7, 11) is 0. The van der Waals surface area contributed by atoms with E-state index >= 15 is 0 Å². The van der Waals surface area contributed by atoms with E-state index in [1.54, 1.807) is 0 Å². The Morgan fingerprint density at radius 3 is 1.64 bits per heavy atom. The Balaban J connectivity index is 0.000000477. The lowest BCUT2D eigenvalue weighted by Gasteiger charge is -2.04. The van der Waals surface area contributed by atoms with Crippen molar-refractivity contribution in [1.82, 2.24) is 0 Å². The molecule has 0 saturated heterocycles. The third kappa shape index (κ3) is 19.2. The second kappa shape index (κ2) is 21.0. The van der Waals surface area contributed by atoms with Crippen LogP contribution < -0.4 is 0 Å². The van der Waals surface area contributed by atoms with Crippen LogP contribution in [0, 0.1) is 0 Å². The molecular formula is C19H34O6. The first-order chi connectivity index (χ1) is 12.3. The van der Waals surface area contributed by atoms with Gasteiger partial charge in [0.2, 0.25) is 0 Å². The van der Waals surface area contributed by atoms with Crippen LogP contribution in [0.25, 0.3) is 0 Å². The highest BCUT2D eigenvalue weighted by atomic mass is 16.5. The number of rotatable bonds is 15. The zero-order chi connectivity index (χ0) is 18.4. The lowest BCUT2D eigenvalue weighted by atomic mass is 10.2. The van der Waals surface area contributed by atoms with Crippen LogP contribution in [-0.2, 0) is 30.3 Å². The van der Waals surface area contributed by atoms with Gasteiger partial charge in [-0.1, -0.05) is 30.3 Å². The molecule has 1 rings (SSSR count). The number of aliphatic hydroxyl groups excluding tert-OH is 1. The lowest BCUT2D eigenvalue weighted by Crippen LogP contribution is -2.08. The number of ether oxygens (including phenoxy) is 5. The normalized spacial score (nSPS) is 10.4. The predicted octanol–water partition coefficient (Wildman–Crippen LogP) is 2.29. The average molecular weight is 358 g/mol. The summed E-state index contributed by atoms with van der Waals surface area (Å²) in [4.78, 5) is 0. The maximum Gasteiger partial charge on any atom is 0.0718 e. The topological polar surface area (TPSA) is 66.4 Å². The van der Waals surface area contributed by atoms with Crippen molar-refractivity contribution in [2.24, 2.45) is 0 Å². The van der Waals surface area contributed by atoms with E-state index in [0.717, 1.165) is 18.8 Å². The maximum absolute atomic E-state index is 8.43. The highest BCUT2D eigenvalue weighted by Gasteiger charge is 1.91. The fourth-order valence-electron chi connectivity index (χ4n) is 1.68. The average Bonchev–Trinajstić information content (AvgIpc) is 2.65. The Hall–Kier alpha value is -1.02. The molecule has 1 N–H and O–H groups in total. The van der Waals surface area contributed by atoms with Crippen molar-refractivity contribution in [2.75, 3.05) is 66.1 Å². The molecule has 6 heteroatoms. The second-order valence-corrected chi connectivity index (χ2v) is 4.88. The van der Waals surface area contributed by atoms with E-state index in [1.807, 2.05) is 44.2 Å². The molecule has 0 heterocycles.